The summed E-state index contributed by atoms with van der Waals surface area (Å²) in [4.78, 5) is 27.7. The van der Waals surface area contributed by atoms with E-state index >= 15 is 0 Å². The molecule has 3 aromatic rings. The van der Waals surface area contributed by atoms with Crippen molar-refractivity contribution in [2.24, 2.45) is 5.41 Å². The molecule has 30 heavy (non-hydrogen) atoms. The number of hydrogen-bond donors (Lipinski definition) is 1. The number of ether oxygens (including phenoxy) is 1. The van der Waals surface area contributed by atoms with Gasteiger partial charge in [0.15, 0.2) is 0 Å². The van der Waals surface area contributed by atoms with Crippen LogP contribution in [-0.4, -0.2) is 58.7 Å². The number of carbonyl (C=O) groups excluding carboxylic acids is 2. The molecule has 1 aromatic heterocycles. The Morgan fingerprint density at radius 1 is 1.10 bits per heavy atom. The molecule has 0 spiro atoms. The molecule has 4 rings (SSSR count). The number of hydrogen-bond acceptors (Lipinski definition) is 5. The Morgan fingerprint density at radius 2 is 1.83 bits per heavy atom. The van der Waals surface area contributed by atoms with E-state index in [1.807, 2.05) is 42.5 Å². The van der Waals surface area contributed by atoms with Crippen LogP contribution in [-0.2, 0) is 11.2 Å². The molecule has 0 saturated carbocycles. The third-order valence-corrected chi connectivity index (χ3v) is 5.49. The molecule has 2 amide bonds. The van der Waals surface area contributed by atoms with E-state index in [0.717, 1.165) is 11.3 Å². The third kappa shape index (κ3) is 3.52. The monoisotopic (exact) mass is 405 g/mol. The second kappa shape index (κ2) is 7.98. The predicted molar refractivity (Wildman–Crippen MR) is 110 cm³/mol. The largest absolute Gasteiger partial charge is 0.497 e. The van der Waals surface area contributed by atoms with Crippen LogP contribution >= 0.6 is 0 Å². The van der Waals surface area contributed by atoms with E-state index in [9.17, 15) is 9.59 Å². The zero-order valence-electron chi connectivity index (χ0n) is 16.9. The normalized spacial score (nSPS) is 14.7. The third-order valence-electron chi connectivity index (χ3n) is 5.49. The van der Waals surface area contributed by atoms with Gasteiger partial charge >= 0.3 is 0 Å². The number of nitrogens with zero attached hydrogens (tertiary/aromatic N) is 4. The first-order valence-corrected chi connectivity index (χ1v) is 9.65. The minimum Gasteiger partial charge on any atom is -0.497 e. The molecule has 1 N–H and O–H groups in total. The molecule has 1 saturated heterocycles. The Labute approximate surface area is 174 Å². The van der Waals surface area contributed by atoms with Gasteiger partial charge in [-0.05, 0) is 36.2 Å². The molecule has 0 atom stereocenters. The number of carbonyl (C=O) groups is 2. The van der Waals surface area contributed by atoms with E-state index < -0.39 is 5.41 Å². The number of rotatable bonds is 6. The van der Waals surface area contributed by atoms with Gasteiger partial charge in [-0.3, -0.25) is 14.2 Å². The average Bonchev–Trinajstić information content (AvgIpc) is 3.30. The van der Waals surface area contributed by atoms with Gasteiger partial charge in [0.2, 0.25) is 5.91 Å². The van der Waals surface area contributed by atoms with Gasteiger partial charge in [-0.15, -0.1) is 10.2 Å². The Kier molecular flexibility index (Phi) is 5.22. The summed E-state index contributed by atoms with van der Waals surface area (Å²) in [5, 5.41) is 10.4. The van der Waals surface area contributed by atoms with Crippen LogP contribution in [0.3, 0.4) is 0 Å². The molecular weight excluding hydrogens is 382 g/mol. The maximum Gasteiger partial charge on any atom is 0.256 e. The fourth-order valence-electron chi connectivity index (χ4n) is 3.98. The van der Waals surface area contributed by atoms with Crippen molar-refractivity contribution in [1.82, 2.24) is 25.0 Å². The van der Waals surface area contributed by atoms with Crippen molar-refractivity contribution in [3.8, 4) is 11.4 Å². The van der Waals surface area contributed by atoms with E-state index in [2.05, 4.69) is 15.5 Å². The fraction of sp³-hybridized carbons (Fsp3) is 0.273. The maximum atomic E-state index is 13.2. The summed E-state index contributed by atoms with van der Waals surface area (Å²) in [6, 6.07) is 15.0. The van der Waals surface area contributed by atoms with E-state index in [1.54, 1.807) is 42.3 Å². The first kappa shape index (κ1) is 19.6. The zero-order valence-corrected chi connectivity index (χ0v) is 16.9. The van der Waals surface area contributed by atoms with Crippen LogP contribution in [0, 0.1) is 5.41 Å². The number of aromatic nitrogens is 3. The minimum absolute atomic E-state index is 0.0681. The van der Waals surface area contributed by atoms with Crippen LogP contribution < -0.4 is 10.1 Å². The highest BCUT2D eigenvalue weighted by Gasteiger charge is 2.50. The summed E-state index contributed by atoms with van der Waals surface area (Å²) in [5.41, 5.74) is 1.58. The van der Waals surface area contributed by atoms with Crippen molar-refractivity contribution in [2.75, 3.05) is 27.2 Å². The van der Waals surface area contributed by atoms with E-state index in [0.29, 0.717) is 30.8 Å². The lowest BCUT2D eigenvalue weighted by Gasteiger charge is -2.49. The Bertz CT molecular complexity index is 1060. The van der Waals surface area contributed by atoms with Crippen LogP contribution in [0.5, 0.6) is 5.75 Å². The van der Waals surface area contributed by atoms with Crippen LogP contribution in [0.1, 0.15) is 15.9 Å². The Hall–Kier alpha value is -3.68. The van der Waals surface area contributed by atoms with Crippen LogP contribution in [0.25, 0.3) is 5.69 Å². The number of likely N-dealkylation sites (tertiary alicyclic amines) is 1. The summed E-state index contributed by atoms with van der Waals surface area (Å²) in [5.74, 6) is 0.556. The van der Waals surface area contributed by atoms with E-state index in [-0.39, 0.29) is 11.8 Å². The van der Waals surface area contributed by atoms with Crippen LogP contribution in [0.2, 0.25) is 0 Å². The molecule has 1 aliphatic heterocycles. The first-order chi connectivity index (χ1) is 14.6. The van der Waals surface area contributed by atoms with Gasteiger partial charge in [0.1, 0.15) is 18.4 Å². The lowest BCUT2D eigenvalue weighted by molar-refractivity contribution is -0.138. The number of methoxy groups -OCH3 is 1. The molecule has 0 unspecified atom stereocenters. The molecule has 8 heteroatoms. The second-order valence-electron chi connectivity index (χ2n) is 7.44. The molecule has 0 aliphatic carbocycles. The molecule has 2 heterocycles. The second-order valence-corrected chi connectivity index (χ2v) is 7.44. The number of benzene rings is 2. The van der Waals surface area contributed by atoms with Gasteiger partial charge in [0.25, 0.3) is 5.91 Å². The van der Waals surface area contributed by atoms with Gasteiger partial charge in [-0.2, -0.15) is 0 Å². The lowest BCUT2D eigenvalue weighted by atomic mass is 9.73. The number of para-hydroxylation sites is 1. The van der Waals surface area contributed by atoms with Crippen molar-refractivity contribution >= 4 is 11.8 Å². The molecule has 1 fully saturated rings. The number of amides is 2. The molecular formula is C22H23N5O3. The quantitative estimate of drug-likeness (QED) is 0.674. The first-order valence-electron chi connectivity index (χ1n) is 9.65. The van der Waals surface area contributed by atoms with Crippen molar-refractivity contribution in [2.45, 2.75) is 6.42 Å². The van der Waals surface area contributed by atoms with Crippen molar-refractivity contribution in [3.63, 3.8) is 0 Å². The lowest BCUT2D eigenvalue weighted by Crippen LogP contribution is -2.65. The SMILES string of the molecule is CNC(=O)C1(Cc2cccc(OC)c2)CN(C(=O)c2ccccc2-n2cnnc2)C1. The van der Waals surface area contributed by atoms with Gasteiger partial charge in [0.05, 0.1) is 23.8 Å². The van der Waals surface area contributed by atoms with Gasteiger partial charge < -0.3 is 15.0 Å². The molecule has 2 aromatic carbocycles. The standard InChI is InChI=1S/C22H23N5O3/c1-23-21(29)22(11-16-6-5-7-17(10-16)30-2)12-26(13-22)20(28)18-8-3-4-9-19(18)27-14-24-25-15-27/h3-10,14-15H,11-13H2,1-2H3,(H,23,29). The van der Waals surface area contributed by atoms with Crippen molar-refractivity contribution in [3.05, 3.63) is 72.3 Å². The van der Waals surface area contributed by atoms with E-state index in [1.165, 1.54) is 0 Å². The van der Waals surface area contributed by atoms with Gasteiger partial charge in [-0.25, -0.2) is 0 Å². The summed E-state index contributed by atoms with van der Waals surface area (Å²) in [6.45, 7) is 0.693. The summed E-state index contributed by atoms with van der Waals surface area (Å²) < 4.78 is 7.00. The predicted octanol–water partition coefficient (Wildman–Crippen LogP) is 1.71. The van der Waals surface area contributed by atoms with Gasteiger partial charge in [0, 0.05) is 20.1 Å². The molecule has 1 aliphatic rings. The fourth-order valence-corrected chi connectivity index (χ4v) is 3.98. The van der Waals surface area contributed by atoms with Crippen molar-refractivity contribution in [1.29, 1.82) is 0 Å². The highest BCUT2D eigenvalue weighted by atomic mass is 16.5. The van der Waals surface area contributed by atoms with Gasteiger partial charge in [-0.1, -0.05) is 24.3 Å². The highest BCUT2D eigenvalue weighted by Crippen LogP contribution is 2.36. The molecule has 0 bridgehead atoms. The molecule has 154 valence electrons. The van der Waals surface area contributed by atoms with E-state index in [4.69, 9.17) is 4.74 Å². The van der Waals surface area contributed by atoms with Crippen molar-refractivity contribution < 1.29 is 14.3 Å². The van der Waals surface area contributed by atoms with Crippen LogP contribution in [0.15, 0.2) is 61.2 Å². The number of nitrogens with one attached hydrogen (secondary N) is 1. The smallest absolute Gasteiger partial charge is 0.256 e. The molecule has 0 radical (unpaired) electrons. The zero-order chi connectivity index (χ0) is 21.1. The topological polar surface area (TPSA) is 89.4 Å². The highest BCUT2D eigenvalue weighted by molar-refractivity contribution is 5.99. The molecule has 8 nitrogen and oxygen atoms in total. The van der Waals surface area contributed by atoms with Crippen LogP contribution in [0.4, 0.5) is 0 Å². The maximum absolute atomic E-state index is 13.2. The average molecular weight is 405 g/mol. The summed E-state index contributed by atoms with van der Waals surface area (Å²) in [7, 11) is 3.24. The summed E-state index contributed by atoms with van der Waals surface area (Å²) in [6.07, 6.45) is 3.64. The summed E-state index contributed by atoms with van der Waals surface area (Å²) >= 11 is 0. The Balaban J connectivity index is 1.56. The Morgan fingerprint density at radius 3 is 2.53 bits per heavy atom. The minimum atomic E-state index is -0.664.